The molecule has 0 saturated heterocycles. The molecule has 0 heterocycles. The Kier molecular flexibility index (Phi) is 8.54. The molecule has 0 aromatic heterocycles. The van der Waals surface area contributed by atoms with Gasteiger partial charge in [-0.3, -0.25) is 9.10 Å². The van der Waals surface area contributed by atoms with Gasteiger partial charge in [0.25, 0.3) is 10.0 Å². The lowest BCUT2D eigenvalue weighted by Gasteiger charge is -2.26. The summed E-state index contributed by atoms with van der Waals surface area (Å²) in [5.41, 5.74) is 2.61. The molecule has 1 N–H and O–H groups in total. The van der Waals surface area contributed by atoms with Gasteiger partial charge in [0.05, 0.1) is 24.8 Å². The first-order valence-corrected chi connectivity index (χ1v) is 12.4. The number of carbonyl (C=O) groups excluding carboxylic acids is 1. The zero-order valence-electron chi connectivity index (χ0n) is 19.7. The van der Waals surface area contributed by atoms with Gasteiger partial charge >= 0.3 is 0 Å². The number of anilines is 1. The van der Waals surface area contributed by atoms with Crippen molar-refractivity contribution in [2.45, 2.75) is 24.7 Å². The van der Waals surface area contributed by atoms with Crippen molar-refractivity contribution in [1.82, 2.24) is 5.32 Å². The van der Waals surface area contributed by atoms with Gasteiger partial charge in [-0.1, -0.05) is 48.0 Å². The second-order valence-corrected chi connectivity index (χ2v) is 9.66. The number of nitrogens with zero attached hydrogens (tertiary/aromatic N) is 1. The lowest BCUT2D eigenvalue weighted by atomic mass is 10.1. The maximum Gasteiger partial charge on any atom is 0.264 e. The molecule has 3 rings (SSSR count). The quantitative estimate of drug-likeness (QED) is 0.418. The van der Waals surface area contributed by atoms with Crippen LogP contribution in [-0.2, 0) is 21.2 Å². The van der Waals surface area contributed by atoms with Crippen molar-refractivity contribution in [2.24, 2.45) is 0 Å². The molecule has 1 amide bonds. The highest BCUT2D eigenvalue weighted by molar-refractivity contribution is 7.92. The number of hydrogen-bond donors (Lipinski definition) is 1. The Morgan fingerprint density at radius 1 is 0.941 bits per heavy atom. The Labute approximate surface area is 201 Å². The number of ether oxygens (including phenoxy) is 2. The Morgan fingerprint density at radius 3 is 2.29 bits per heavy atom. The largest absolute Gasteiger partial charge is 0.497 e. The zero-order chi connectivity index (χ0) is 24.6. The number of carbonyl (C=O) groups is 1. The first-order chi connectivity index (χ1) is 16.3. The van der Waals surface area contributed by atoms with Gasteiger partial charge in [-0.15, -0.1) is 0 Å². The monoisotopic (exact) mass is 482 g/mol. The fourth-order valence-electron chi connectivity index (χ4n) is 3.47. The van der Waals surface area contributed by atoms with Gasteiger partial charge in [0, 0.05) is 12.6 Å². The number of amides is 1. The Bertz CT molecular complexity index is 1200. The van der Waals surface area contributed by atoms with Crippen molar-refractivity contribution in [2.75, 3.05) is 31.6 Å². The van der Waals surface area contributed by atoms with Crippen LogP contribution in [0.25, 0.3) is 0 Å². The van der Waals surface area contributed by atoms with Gasteiger partial charge in [-0.05, 0) is 49.6 Å². The van der Waals surface area contributed by atoms with Crippen molar-refractivity contribution in [1.29, 1.82) is 0 Å². The molecule has 180 valence electrons. The topological polar surface area (TPSA) is 84.9 Å². The third-order valence-corrected chi connectivity index (χ3v) is 7.13. The summed E-state index contributed by atoms with van der Waals surface area (Å²) in [6.07, 6.45) is 1.55. The highest BCUT2D eigenvalue weighted by Crippen LogP contribution is 2.35. The van der Waals surface area contributed by atoms with E-state index >= 15 is 0 Å². The van der Waals surface area contributed by atoms with E-state index in [9.17, 15) is 13.2 Å². The summed E-state index contributed by atoms with van der Waals surface area (Å²) in [5, 5.41) is 2.84. The van der Waals surface area contributed by atoms with E-state index in [1.54, 1.807) is 36.4 Å². The van der Waals surface area contributed by atoms with Crippen LogP contribution in [0.5, 0.6) is 11.5 Å². The Balaban J connectivity index is 1.79. The molecule has 0 bridgehead atoms. The minimum atomic E-state index is -4.05. The molecule has 3 aromatic rings. The fraction of sp³-hybridized carbons (Fsp3) is 0.269. The SMILES string of the molecule is COc1ccc(OC)c(N(CC(=O)NCCCc2ccc(C)cc2)S(=O)(=O)c2ccccc2)c1. The molecule has 0 saturated carbocycles. The van der Waals surface area contributed by atoms with Crippen LogP contribution in [-0.4, -0.2) is 41.6 Å². The van der Waals surface area contributed by atoms with E-state index in [1.165, 1.54) is 37.5 Å². The standard InChI is InChI=1S/C26H30N2O5S/c1-20-11-13-21(14-12-20)8-7-17-27-26(29)19-28(34(30,31)23-9-5-4-6-10-23)24-18-22(32-2)15-16-25(24)33-3/h4-6,9-16,18H,7-8,17,19H2,1-3H3,(H,27,29). The molecule has 0 aliphatic heterocycles. The van der Waals surface area contributed by atoms with Gasteiger partial charge in [-0.2, -0.15) is 0 Å². The molecule has 8 heteroatoms. The highest BCUT2D eigenvalue weighted by Gasteiger charge is 2.29. The average molecular weight is 483 g/mol. The first kappa shape index (κ1) is 25.1. The van der Waals surface area contributed by atoms with Crippen LogP contribution in [0.2, 0.25) is 0 Å². The predicted octanol–water partition coefficient (Wildman–Crippen LogP) is 3.96. The van der Waals surface area contributed by atoms with Crippen molar-refractivity contribution in [3.8, 4) is 11.5 Å². The van der Waals surface area contributed by atoms with E-state index in [4.69, 9.17) is 9.47 Å². The summed E-state index contributed by atoms with van der Waals surface area (Å²) in [7, 11) is -1.11. The van der Waals surface area contributed by atoms with Gasteiger partial charge < -0.3 is 14.8 Å². The zero-order valence-corrected chi connectivity index (χ0v) is 20.5. The minimum absolute atomic E-state index is 0.0760. The van der Waals surface area contributed by atoms with Crippen LogP contribution in [0, 0.1) is 6.92 Å². The molecule has 0 spiro atoms. The lowest BCUT2D eigenvalue weighted by molar-refractivity contribution is -0.119. The highest BCUT2D eigenvalue weighted by atomic mass is 32.2. The van der Waals surface area contributed by atoms with Crippen LogP contribution in [0.1, 0.15) is 17.5 Å². The lowest BCUT2D eigenvalue weighted by Crippen LogP contribution is -2.41. The van der Waals surface area contributed by atoms with Crippen LogP contribution in [0.15, 0.2) is 77.7 Å². The van der Waals surface area contributed by atoms with Crippen molar-refractivity contribution < 1.29 is 22.7 Å². The van der Waals surface area contributed by atoms with Crippen molar-refractivity contribution in [3.63, 3.8) is 0 Å². The number of benzene rings is 3. The van der Waals surface area contributed by atoms with E-state index < -0.39 is 22.5 Å². The number of nitrogens with one attached hydrogen (secondary N) is 1. The number of rotatable bonds is 11. The number of aryl methyl sites for hydroxylation is 2. The molecular formula is C26H30N2O5S. The molecular weight excluding hydrogens is 452 g/mol. The summed E-state index contributed by atoms with van der Waals surface area (Å²) < 4.78 is 38.8. The van der Waals surface area contributed by atoms with Crippen LogP contribution < -0.4 is 19.1 Å². The summed E-state index contributed by atoms with van der Waals surface area (Å²) in [6, 6.07) is 21.1. The second-order valence-electron chi connectivity index (χ2n) is 7.80. The molecule has 0 fully saturated rings. The van der Waals surface area contributed by atoms with Crippen LogP contribution >= 0.6 is 0 Å². The Morgan fingerprint density at radius 2 is 1.65 bits per heavy atom. The predicted molar refractivity (Wildman–Crippen MR) is 133 cm³/mol. The van der Waals surface area contributed by atoms with Crippen molar-refractivity contribution in [3.05, 3.63) is 83.9 Å². The van der Waals surface area contributed by atoms with Gasteiger partial charge in [0.2, 0.25) is 5.91 Å². The normalized spacial score (nSPS) is 11.0. The van der Waals surface area contributed by atoms with E-state index in [2.05, 4.69) is 29.6 Å². The average Bonchev–Trinajstić information content (AvgIpc) is 2.86. The van der Waals surface area contributed by atoms with E-state index in [-0.39, 0.29) is 10.6 Å². The number of methoxy groups -OCH3 is 2. The van der Waals surface area contributed by atoms with E-state index in [0.29, 0.717) is 18.0 Å². The summed E-state index contributed by atoms with van der Waals surface area (Å²) in [4.78, 5) is 12.9. The molecule has 3 aromatic carbocycles. The fourth-order valence-corrected chi connectivity index (χ4v) is 4.92. The summed E-state index contributed by atoms with van der Waals surface area (Å²) in [6.45, 7) is 2.07. The summed E-state index contributed by atoms with van der Waals surface area (Å²) >= 11 is 0. The Hall–Kier alpha value is -3.52. The van der Waals surface area contributed by atoms with E-state index in [1.807, 2.05) is 6.92 Å². The maximum atomic E-state index is 13.5. The van der Waals surface area contributed by atoms with Crippen LogP contribution in [0.4, 0.5) is 5.69 Å². The van der Waals surface area contributed by atoms with Gasteiger partial charge in [-0.25, -0.2) is 8.42 Å². The third-order valence-electron chi connectivity index (χ3n) is 5.36. The molecule has 0 radical (unpaired) electrons. The first-order valence-electron chi connectivity index (χ1n) is 11.0. The minimum Gasteiger partial charge on any atom is -0.497 e. The van der Waals surface area contributed by atoms with Crippen molar-refractivity contribution >= 4 is 21.6 Å². The molecule has 0 atom stereocenters. The van der Waals surface area contributed by atoms with Gasteiger partial charge in [0.15, 0.2) is 0 Å². The molecule has 0 aliphatic rings. The molecule has 34 heavy (non-hydrogen) atoms. The smallest absolute Gasteiger partial charge is 0.264 e. The molecule has 0 unspecified atom stereocenters. The third kappa shape index (κ3) is 6.29. The number of sulfonamides is 1. The van der Waals surface area contributed by atoms with E-state index in [0.717, 1.165) is 17.1 Å². The second kappa shape index (κ2) is 11.6. The van der Waals surface area contributed by atoms with Crippen LogP contribution in [0.3, 0.4) is 0 Å². The maximum absolute atomic E-state index is 13.5. The van der Waals surface area contributed by atoms with Gasteiger partial charge in [0.1, 0.15) is 18.0 Å². The molecule has 0 aliphatic carbocycles. The summed E-state index contributed by atoms with van der Waals surface area (Å²) in [5.74, 6) is 0.350. The molecule has 7 nitrogen and oxygen atoms in total. The number of hydrogen-bond acceptors (Lipinski definition) is 5.